The average Bonchev–Trinajstić information content (AvgIpc) is 3.07. The number of methoxy groups -OCH3 is 1. The van der Waals surface area contributed by atoms with Gasteiger partial charge in [0.25, 0.3) is 5.89 Å². The molecule has 0 aliphatic heterocycles. The minimum atomic E-state index is 0.457. The lowest BCUT2D eigenvalue weighted by Gasteiger charge is -2.04. The van der Waals surface area contributed by atoms with Crippen LogP contribution in [-0.4, -0.2) is 23.9 Å². The van der Waals surface area contributed by atoms with Crippen LogP contribution in [-0.2, 0) is 13.0 Å². The van der Waals surface area contributed by atoms with Crippen LogP contribution in [0.4, 0.5) is 0 Å². The second-order valence-corrected chi connectivity index (χ2v) is 5.69. The normalized spacial score (nSPS) is 10.8. The lowest BCUT2D eigenvalue weighted by atomic mass is 10.1. The largest absolute Gasteiger partial charge is 0.496 e. The molecule has 1 heterocycles. The van der Waals surface area contributed by atoms with Crippen molar-refractivity contribution in [3.8, 4) is 17.2 Å². The van der Waals surface area contributed by atoms with Gasteiger partial charge in [-0.15, -0.1) is 10.2 Å². The quantitative estimate of drug-likeness (QED) is 0.662. The summed E-state index contributed by atoms with van der Waals surface area (Å²) in [6.45, 7) is 1.31. The molecule has 2 aromatic carbocycles. The molecule has 0 aliphatic rings. The zero-order chi connectivity index (χ0) is 16.8. The molecule has 3 aromatic rings. The van der Waals surface area contributed by atoms with Crippen molar-refractivity contribution in [3.63, 3.8) is 0 Å². The second kappa shape index (κ2) is 7.95. The molecular formula is C18H18ClN3O2. The van der Waals surface area contributed by atoms with Gasteiger partial charge in [0.15, 0.2) is 0 Å². The number of para-hydroxylation sites is 1. The van der Waals surface area contributed by atoms with Gasteiger partial charge in [0.05, 0.1) is 19.2 Å². The second-order valence-electron chi connectivity index (χ2n) is 5.26. The molecule has 1 N–H and O–H groups in total. The highest BCUT2D eigenvalue weighted by Gasteiger charge is 2.12. The highest BCUT2D eigenvalue weighted by molar-refractivity contribution is 6.30. The average molecular weight is 344 g/mol. The number of hydrogen-bond acceptors (Lipinski definition) is 5. The first kappa shape index (κ1) is 16.5. The number of benzene rings is 2. The van der Waals surface area contributed by atoms with E-state index in [0.717, 1.165) is 23.6 Å². The number of halogens is 1. The van der Waals surface area contributed by atoms with Crippen molar-refractivity contribution in [1.29, 1.82) is 0 Å². The maximum atomic E-state index is 5.98. The van der Waals surface area contributed by atoms with Crippen molar-refractivity contribution in [2.24, 2.45) is 0 Å². The molecule has 0 fully saturated rings. The predicted octanol–water partition coefficient (Wildman–Crippen LogP) is 3.73. The molecule has 0 unspecified atom stereocenters. The van der Waals surface area contributed by atoms with Gasteiger partial charge in [-0.25, -0.2) is 0 Å². The summed E-state index contributed by atoms with van der Waals surface area (Å²) in [5.41, 5.74) is 1.98. The number of hydrogen-bond donors (Lipinski definition) is 1. The summed E-state index contributed by atoms with van der Waals surface area (Å²) in [5.74, 6) is 1.71. The van der Waals surface area contributed by atoms with E-state index < -0.39 is 0 Å². The van der Waals surface area contributed by atoms with E-state index in [9.17, 15) is 0 Å². The lowest BCUT2D eigenvalue weighted by molar-refractivity contribution is 0.413. The van der Waals surface area contributed by atoms with Crippen LogP contribution in [0.2, 0.25) is 5.02 Å². The molecule has 0 saturated carbocycles. The standard InChI is InChI=1S/C18H18ClN3O2/c1-23-16-8-3-2-7-15(16)18-22-21-17(24-18)12-20-10-9-13-5-4-6-14(19)11-13/h2-8,11,20H,9-10,12H2,1H3. The Hall–Kier alpha value is -2.37. The molecule has 0 aliphatic carbocycles. The van der Waals surface area contributed by atoms with Gasteiger partial charge in [-0.2, -0.15) is 0 Å². The summed E-state index contributed by atoms with van der Waals surface area (Å²) in [6, 6.07) is 15.4. The Bertz CT molecular complexity index is 804. The molecule has 3 rings (SSSR count). The number of ether oxygens (including phenoxy) is 1. The number of aromatic nitrogens is 2. The maximum Gasteiger partial charge on any atom is 0.251 e. The molecule has 5 nitrogen and oxygen atoms in total. The van der Waals surface area contributed by atoms with Crippen LogP contribution in [0.3, 0.4) is 0 Å². The van der Waals surface area contributed by atoms with Gasteiger partial charge in [0.2, 0.25) is 5.89 Å². The van der Waals surface area contributed by atoms with Crippen LogP contribution in [0, 0.1) is 0 Å². The van der Waals surface area contributed by atoms with E-state index in [-0.39, 0.29) is 0 Å². The highest BCUT2D eigenvalue weighted by atomic mass is 35.5. The minimum absolute atomic E-state index is 0.457. The first-order valence-electron chi connectivity index (χ1n) is 7.67. The smallest absolute Gasteiger partial charge is 0.251 e. The summed E-state index contributed by atoms with van der Waals surface area (Å²) in [5, 5.41) is 12.2. The summed E-state index contributed by atoms with van der Waals surface area (Å²) in [4.78, 5) is 0. The topological polar surface area (TPSA) is 60.2 Å². The molecule has 0 saturated heterocycles. The van der Waals surface area contributed by atoms with Crippen molar-refractivity contribution in [1.82, 2.24) is 15.5 Å². The van der Waals surface area contributed by atoms with E-state index in [2.05, 4.69) is 21.6 Å². The van der Waals surface area contributed by atoms with Crippen LogP contribution in [0.5, 0.6) is 5.75 Å². The highest BCUT2D eigenvalue weighted by Crippen LogP contribution is 2.28. The van der Waals surface area contributed by atoms with E-state index in [0.29, 0.717) is 24.1 Å². The van der Waals surface area contributed by atoms with Crippen LogP contribution < -0.4 is 10.1 Å². The van der Waals surface area contributed by atoms with Crippen molar-refractivity contribution >= 4 is 11.6 Å². The van der Waals surface area contributed by atoms with Crippen molar-refractivity contribution in [2.75, 3.05) is 13.7 Å². The maximum absolute atomic E-state index is 5.98. The van der Waals surface area contributed by atoms with Crippen LogP contribution in [0.15, 0.2) is 52.9 Å². The monoisotopic (exact) mass is 343 g/mol. The summed E-state index contributed by atoms with van der Waals surface area (Å²) < 4.78 is 11.0. The number of nitrogens with zero attached hydrogens (tertiary/aromatic N) is 2. The first-order chi connectivity index (χ1) is 11.8. The molecule has 0 bridgehead atoms. The van der Waals surface area contributed by atoms with Crippen molar-refractivity contribution in [2.45, 2.75) is 13.0 Å². The Balaban J connectivity index is 1.55. The van der Waals surface area contributed by atoms with E-state index in [1.807, 2.05) is 42.5 Å². The molecule has 0 atom stereocenters. The van der Waals surface area contributed by atoms with E-state index in [1.165, 1.54) is 5.56 Å². The third-order valence-electron chi connectivity index (χ3n) is 3.56. The third-order valence-corrected chi connectivity index (χ3v) is 3.80. The van der Waals surface area contributed by atoms with Gasteiger partial charge in [0, 0.05) is 5.02 Å². The zero-order valence-electron chi connectivity index (χ0n) is 13.3. The lowest BCUT2D eigenvalue weighted by Crippen LogP contribution is -2.16. The Morgan fingerprint density at radius 3 is 2.83 bits per heavy atom. The zero-order valence-corrected chi connectivity index (χ0v) is 14.1. The molecule has 124 valence electrons. The van der Waals surface area contributed by atoms with E-state index in [1.54, 1.807) is 7.11 Å². The molecule has 24 heavy (non-hydrogen) atoms. The van der Waals surface area contributed by atoms with Gasteiger partial charge in [0.1, 0.15) is 5.75 Å². The fourth-order valence-electron chi connectivity index (χ4n) is 2.38. The van der Waals surface area contributed by atoms with Gasteiger partial charge < -0.3 is 14.5 Å². The predicted molar refractivity (Wildman–Crippen MR) is 93.1 cm³/mol. The molecule has 6 heteroatoms. The van der Waals surface area contributed by atoms with Crippen LogP contribution in [0.1, 0.15) is 11.5 Å². The summed E-state index contributed by atoms with van der Waals surface area (Å²) in [6.07, 6.45) is 0.883. The van der Waals surface area contributed by atoms with E-state index >= 15 is 0 Å². The Labute approximate surface area is 145 Å². The van der Waals surface area contributed by atoms with Crippen LogP contribution >= 0.6 is 11.6 Å². The molecule has 0 amide bonds. The van der Waals surface area contributed by atoms with Gasteiger partial charge in [-0.05, 0) is 42.8 Å². The SMILES string of the molecule is COc1ccccc1-c1nnc(CNCCc2cccc(Cl)c2)o1. The molecule has 0 spiro atoms. The summed E-state index contributed by atoms with van der Waals surface area (Å²) in [7, 11) is 1.62. The Kier molecular flexibility index (Phi) is 5.46. The van der Waals surface area contributed by atoms with Crippen LogP contribution in [0.25, 0.3) is 11.5 Å². The number of rotatable bonds is 7. The van der Waals surface area contributed by atoms with Gasteiger partial charge in [-0.3, -0.25) is 0 Å². The van der Waals surface area contributed by atoms with Crippen molar-refractivity contribution in [3.05, 3.63) is 65.0 Å². The summed E-state index contributed by atoms with van der Waals surface area (Å²) >= 11 is 5.98. The van der Waals surface area contributed by atoms with Crippen molar-refractivity contribution < 1.29 is 9.15 Å². The first-order valence-corrected chi connectivity index (χ1v) is 8.05. The molecule has 1 aromatic heterocycles. The molecule has 0 radical (unpaired) electrons. The van der Waals surface area contributed by atoms with Gasteiger partial charge in [-0.1, -0.05) is 35.9 Å². The fraction of sp³-hybridized carbons (Fsp3) is 0.222. The molecular weight excluding hydrogens is 326 g/mol. The fourth-order valence-corrected chi connectivity index (χ4v) is 2.59. The number of nitrogens with one attached hydrogen (secondary N) is 1. The minimum Gasteiger partial charge on any atom is -0.496 e. The third kappa shape index (κ3) is 4.13. The Morgan fingerprint density at radius 2 is 2.00 bits per heavy atom. The van der Waals surface area contributed by atoms with E-state index in [4.69, 9.17) is 20.8 Å². The Morgan fingerprint density at radius 1 is 1.12 bits per heavy atom. The van der Waals surface area contributed by atoms with Gasteiger partial charge >= 0.3 is 0 Å².